The van der Waals surface area contributed by atoms with Crippen molar-refractivity contribution >= 4 is 28.5 Å². The molecule has 2 aromatic carbocycles. The zero-order valence-electron chi connectivity index (χ0n) is 13.0. The highest BCUT2D eigenvalue weighted by molar-refractivity contribution is 6.02. The minimum atomic E-state index is -1.09. The van der Waals surface area contributed by atoms with Crippen LogP contribution in [-0.4, -0.2) is 29.1 Å². The summed E-state index contributed by atoms with van der Waals surface area (Å²) in [5, 5.41) is 12.9. The van der Waals surface area contributed by atoms with Crippen LogP contribution in [0.5, 0.6) is 5.75 Å². The fourth-order valence-corrected chi connectivity index (χ4v) is 2.63. The predicted molar refractivity (Wildman–Crippen MR) is 90.6 cm³/mol. The number of amides is 1. The average Bonchev–Trinajstić information content (AvgIpc) is 2.94. The molecule has 3 rings (SSSR count). The van der Waals surface area contributed by atoms with Crippen molar-refractivity contribution in [2.75, 3.05) is 12.4 Å². The van der Waals surface area contributed by atoms with Gasteiger partial charge in [0.2, 0.25) is 5.91 Å². The molecular weight excluding hydrogens is 308 g/mol. The van der Waals surface area contributed by atoms with Crippen LogP contribution in [-0.2, 0) is 11.2 Å². The zero-order chi connectivity index (χ0) is 17.1. The van der Waals surface area contributed by atoms with Crippen LogP contribution in [0.1, 0.15) is 16.1 Å². The van der Waals surface area contributed by atoms with Gasteiger partial charge in [0.05, 0.1) is 13.5 Å². The second-order valence-corrected chi connectivity index (χ2v) is 5.29. The number of methoxy groups -OCH3 is 1. The Morgan fingerprint density at radius 2 is 1.96 bits per heavy atom. The number of rotatable bonds is 5. The van der Waals surface area contributed by atoms with E-state index in [1.807, 2.05) is 12.1 Å². The lowest BCUT2D eigenvalue weighted by molar-refractivity contribution is -0.115. The van der Waals surface area contributed by atoms with Gasteiger partial charge in [-0.2, -0.15) is 0 Å². The normalized spacial score (nSPS) is 10.5. The van der Waals surface area contributed by atoms with Gasteiger partial charge in [-0.25, -0.2) is 4.79 Å². The monoisotopic (exact) mass is 324 g/mol. The van der Waals surface area contributed by atoms with Gasteiger partial charge in [-0.1, -0.05) is 24.3 Å². The second kappa shape index (κ2) is 6.45. The lowest BCUT2D eigenvalue weighted by Gasteiger charge is -2.07. The summed E-state index contributed by atoms with van der Waals surface area (Å²) in [6, 6.07) is 14.2. The number of aromatic carboxylic acids is 1. The molecule has 0 saturated heterocycles. The van der Waals surface area contributed by atoms with Crippen molar-refractivity contribution in [1.29, 1.82) is 0 Å². The third-order valence-electron chi connectivity index (χ3n) is 3.72. The number of aromatic amines is 1. The Hall–Kier alpha value is -3.28. The largest absolute Gasteiger partial charge is 0.497 e. The van der Waals surface area contributed by atoms with E-state index in [0.717, 1.165) is 5.39 Å². The molecule has 6 heteroatoms. The Bertz CT molecular complexity index is 914. The smallest absolute Gasteiger partial charge is 0.352 e. The molecule has 0 aliphatic carbocycles. The van der Waals surface area contributed by atoms with Gasteiger partial charge in [-0.3, -0.25) is 4.79 Å². The number of hydrogen-bond donors (Lipinski definition) is 3. The van der Waals surface area contributed by atoms with Gasteiger partial charge in [0.15, 0.2) is 0 Å². The van der Waals surface area contributed by atoms with E-state index in [9.17, 15) is 14.7 Å². The van der Waals surface area contributed by atoms with Gasteiger partial charge in [0, 0.05) is 28.2 Å². The van der Waals surface area contributed by atoms with Crippen molar-refractivity contribution in [3.05, 3.63) is 59.8 Å². The molecule has 6 nitrogen and oxygen atoms in total. The van der Waals surface area contributed by atoms with Gasteiger partial charge in [0.25, 0.3) is 0 Å². The van der Waals surface area contributed by atoms with Crippen LogP contribution >= 0.6 is 0 Å². The molecule has 0 radical (unpaired) electrons. The highest BCUT2D eigenvalue weighted by Gasteiger charge is 2.19. The van der Waals surface area contributed by atoms with Gasteiger partial charge >= 0.3 is 5.97 Å². The lowest BCUT2D eigenvalue weighted by Crippen LogP contribution is -2.16. The third kappa shape index (κ3) is 3.08. The van der Waals surface area contributed by atoms with E-state index in [-0.39, 0.29) is 18.0 Å². The van der Waals surface area contributed by atoms with Crippen LogP contribution in [0.2, 0.25) is 0 Å². The quantitative estimate of drug-likeness (QED) is 0.672. The van der Waals surface area contributed by atoms with Crippen molar-refractivity contribution in [3.8, 4) is 5.75 Å². The molecule has 0 unspecified atom stereocenters. The van der Waals surface area contributed by atoms with Crippen molar-refractivity contribution < 1.29 is 19.4 Å². The summed E-state index contributed by atoms with van der Waals surface area (Å²) in [7, 11) is 1.55. The van der Waals surface area contributed by atoms with Crippen molar-refractivity contribution in [1.82, 2.24) is 4.98 Å². The van der Waals surface area contributed by atoms with E-state index in [1.165, 1.54) is 0 Å². The number of carboxylic acids is 1. The van der Waals surface area contributed by atoms with Crippen molar-refractivity contribution in [2.24, 2.45) is 0 Å². The number of carboxylic acid groups (broad SMARTS) is 1. The highest BCUT2D eigenvalue weighted by Crippen LogP contribution is 2.24. The average molecular weight is 324 g/mol. The summed E-state index contributed by atoms with van der Waals surface area (Å²) in [5.41, 5.74) is 1.80. The molecule has 0 fully saturated rings. The topological polar surface area (TPSA) is 91.4 Å². The Kier molecular flexibility index (Phi) is 4.20. The second-order valence-electron chi connectivity index (χ2n) is 5.29. The fraction of sp³-hybridized carbons (Fsp3) is 0.111. The molecule has 122 valence electrons. The highest BCUT2D eigenvalue weighted by atomic mass is 16.5. The van der Waals surface area contributed by atoms with Gasteiger partial charge in [0.1, 0.15) is 11.4 Å². The number of H-pyrrole nitrogens is 1. The number of aromatic nitrogens is 1. The maximum atomic E-state index is 12.3. The molecule has 0 atom stereocenters. The first-order chi connectivity index (χ1) is 11.6. The molecule has 1 amide bonds. The SMILES string of the molecule is COc1cccc(NC(=O)Cc2c(C(=O)O)[nH]c3ccccc23)c1. The summed E-state index contributed by atoms with van der Waals surface area (Å²) >= 11 is 0. The van der Waals surface area contributed by atoms with Crippen LogP contribution in [0.15, 0.2) is 48.5 Å². The number of nitrogens with one attached hydrogen (secondary N) is 2. The van der Waals surface area contributed by atoms with E-state index in [4.69, 9.17) is 4.74 Å². The number of carbonyl (C=O) groups excluding carboxylic acids is 1. The summed E-state index contributed by atoms with van der Waals surface area (Å²) in [6.07, 6.45) is -0.0388. The molecule has 0 bridgehead atoms. The fourth-order valence-electron chi connectivity index (χ4n) is 2.63. The van der Waals surface area contributed by atoms with E-state index in [1.54, 1.807) is 43.5 Å². The van der Waals surface area contributed by atoms with E-state index >= 15 is 0 Å². The van der Waals surface area contributed by atoms with Crippen LogP contribution in [0, 0.1) is 0 Å². The number of para-hydroxylation sites is 1. The molecule has 1 aromatic heterocycles. The van der Waals surface area contributed by atoms with Crippen LogP contribution < -0.4 is 10.1 Å². The number of hydrogen-bond acceptors (Lipinski definition) is 3. The Morgan fingerprint density at radius 3 is 2.71 bits per heavy atom. The Labute approximate surface area is 138 Å². The van der Waals surface area contributed by atoms with Crippen LogP contribution in [0.4, 0.5) is 5.69 Å². The van der Waals surface area contributed by atoms with Gasteiger partial charge < -0.3 is 20.1 Å². The first-order valence-corrected chi connectivity index (χ1v) is 7.35. The summed E-state index contributed by atoms with van der Waals surface area (Å²) < 4.78 is 5.12. The summed E-state index contributed by atoms with van der Waals surface area (Å²) in [5.74, 6) is -0.753. The molecule has 1 heterocycles. The Balaban J connectivity index is 1.87. The number of carbonyl (C=O) groups is 2. The van der Waals surface area contributed by atoms with Gasteiger partial charge in [-0.15, -0.1) is 0 Å². The molecule has 0 spiro atoms. The predicted octanol–water partition coefficient (Wildman–Crippen LogP) is 3.06. The van der Waals surface area contributed by atoms with Crippen LogP contribution in [0.3, 0.4) is 0 Å². The van der Waals surface area contributed by atoms with E-state index in [0.29, 0.717) is 22.5 Å². The van der Waals surface area contributed by atoms with Crippen molar-refractivity contribution in [2.45, 2.75) is 6.42 Å². The summed E-state index contributed by atoms with van der Waals surface area (Å²) in [4.78, 5) is 26.6. The minimum absolute atomic E-state index is 0.0388. The van der Waals surface area contributed by atoms with Crippen molar-refractivity contribution in [3.63, 3.8) is 0 Å². The standard InChI is InChI=1S/C18H16N2O4/c1-24-12-6-4-5-11(9-12)19-16(21)10-14-13-7-2-3-8-15(13)20-17(14)18(22)23/h2-9,20H,10H2,1H3,(H,19,21)(H,22,23). The molecule has 24 heavy (non-hydrogen) atoms. The van der Waals surface area contributed by atoms with E-state index < -0.39 is 5.97 Å². The Morgan fingerprint density at radius 1 is 1.17 bits per heavy atom. The maximum Gasteiger partial charge on any atom is 0.352 e. The molecule has 3 N–H and O–H groups in total. The third-order valence-corrected chi connectivity index (χ3v) is 3.72. The number of fused-ring (bicyclic) bond motifs is 1. The molecule has 0 aliphatic rings. The molecular formula is C18H16N2O4. The maximum absolute atomic E-state index is 12.3. The van der Waals surface area contributed by atoms with Gasteiger partial charge in [-0.05, 0) is 18.2 Å². The zero-order valence-corrected chi connectivity index (χ0v) is 13.0. The molecule has 0 aliphatic heterocycles. The molecule has 0 saturated carbocycles. The lowest BCUT2D eigenvalue weighted by atomic mass is 10.1. The number of benzene rings is 2. The minimum Gasteiger partial charge on any atom is -0.497 e. The van der Waals surface area contributed by atoms with E-state index in [2.05, 4.69) is 10.3 Å². The molecule has 3 aromatic rings. The summed E-state index contributed by atoms with van der Waals surface area (Å²) in [6.45, 7) is 0. The first-order valence-electron chi connectivity index (χ1n) is 7.35. The number of ether oxygens (including phenoxy) is 1. The van der Waals surface area contributed by atoms with Crippen LogP contribution in [0.25, 0.3) is 10.9 Å². The first kappa shape index (κ1) is 15.6. The number of anilines is 1.